The molecule has 0 aliphatic heterocycles. The standard InChI is InChI=1S/C68H47NOSi/c1-5-20-51(21-6-1)67-65(66-63-31-17-15-29-61(63)62-30-16-18-32-64(62)68(66)70-67)50-37-41-55(42-38-50)69(54-39-35-49(36-40-54)53-34-33-48-19-13-14-22-52(48)47-53)56-43-45-60(46-44-56)71(57-23-7-2-8-24-57,58-25-9-3-10-26-58)59-27-11-4-12-28-59/h1-47H. The van der Waals surface area contributed by atoms with Crippen molar-refractivity contribution in [2.24, 2.45) is 0 Å². The third kappa shape index (κ3) is 7.26. The van der Waals surface area contributed by atoms with Crippen LogP contribution in [-0.4, -0.2) is 8.07 Å². The molecule has 0 radical (unpaired) electrons. The molecule has 0 amide bonds. The molecule has 1 aromatic heterocycles. The summed E-state index contributed by atoms with van der Waals surface area (Å²) < 4.78 is 7.08. The molecule has 0 N–H and O–H groups in total. The van der Waals surface area contributed by atoms with Crippen LogP contribution in [0.1, 0.15) is 0 Å². The van der Waals surface area contributed by atoms with Gasteiger partial charge in [0, 0.05) is 39.0 Å². The SMILES string of the molecule is c1ccc(-c2oc3c4ccccc4c4ccccc4c3c2-c2ccc(N(c3ccc(-c4ccc5ccccc5c4)cc3)c3ccc([Si](c4ccccc4)(c4ccccc4)c4ccccc4)cc3)cc2)cc1. The van der Waals surface area contributed by atoms with E-state index in [0.29, 0.717) is 0 Å². The second-order valence-electron chi connectivity index (χ2n) is 18.4. The first kappa shape index (κ1) is 42.1. The average Bonchev–Trinajstić information content (AvgIpc) is 3.87. The van der Waals surface area contributed by atoms with Crippen molar-refractivity contribution < 1.29 is 4.42 Å². The van der Waals surface area contributed by atoms with Crippen LogP contribution in [0.4, 0.5) is 17.1 Å². The number of hydrogen-bond acceptors (Lipinski definition) is 2. The van der Waals surface area contributed by atoms with Crippen LogP contribution in [-0.2, 0) is 0 Å². The summed E-state index contributed by atoms with van der Waals surface area (Å²) in [7, 11) is -2.74. The summed E-state index contributed by atoms with van der Waals surface area (Å²) >= 11 is 0. The maximum Gasteiger partial charge on any atom is 0.179 e. The zero-order valence-corrected chi connectivity index (χ0v) is 40.0. The first-order chi connectivity index (χ1) is 35.2. The van der Waals surface area contributed by atoms with Crippen LogP contribution >= 0.6 is 0 Å². The van der Waals surface area contributed by atoms with Gasteiger partial charge >= 0.3 is 0 Å². The van der Waals surface area contributed by atoms with Gasteiger partial charge < -0.3 is 9.32 Å². The van der Waals surface area contributed by atoms with Gasteiger partial charge in [-0.25, -0.2) is 0 Å². The minimum atomic E-state index is -2.74. The fraction of sp³-hybridized carbons (Fsp3) is 0. The summed E-state index contributed by atoms with van der Waals surface area (Å²) in [6.07, 6.45) is 0. The van der Waals surface area contributed by atoms with E-state index in [1.807, 2.05) is 0 Å². The van der Waals surface area contributed by atoms with E-state index in [4.69, 9.17) is 4.42 Å². The number of benzene rings is 12. The molecule has 0 unspecified atom stereocenters. The van der Waals surface area contributed by atoms with E-state index in [2.05, 4.69) is 290 Å². The van der Waals surface area contributed by atoms with Crippen LogP contribution in [0.15, 0.2) is 290 Å². The number of nitrogens with zero attached hydrogens (tertiary/aromatic N) is 1. The molecule has 0 fully saturated rings. The van der Waals surface area contributed by atoms with Crippen molar-refractivity contribution in [2.75, 3.05) is 4.90 Å². The molecule has 71 heavy (non-hydrogen) atoms. The van der Waals surface area contributed by atoms with Crippen LogP contribution < -0.4 is 25.6 Å². The lowest BCUT2D eigenvalue weighted by Crippen LogP contribution is -2.74. The van der Waals surface area contributed by atoms with Gasteiger partial charge in [-0.05, 0) is 107 Å². The predicted octanol–water partition coefficient (Wildman–Crippen LogP) is 15.7. The monoisotopic (exact) mass is 921 g/mol. The Kier molecular flexibility index (Phi) is 10.6. The maximum atomic E-state index is 7.08. The third-order valence-corrected chi connectivity index (χ3v) is 19.2. The molecule has 0 aliphatic carbocycles. The first-order valence-electron chi connectivity index (χ1n) is 24.4. The number of rotatable bonds is 10. The minimum absolute atomic E-state index is 0.870. The zero-order valence-electron chi connectivity index (χ0n) is 39.0. The molecule has 0 spiro atoms. The van der Waals surface area contributed by atoms with Gasteiger partial charge in [-0.1, -0.05) is 243 Å². The lowest BCUT2D eigenvalue weighted by atomic mass is 9.92. The lowest BCUT2D eigenvalue weighted by molar-refractivity contribution is 0.636. The summed E-state index contributed by atoms with van der Waals surface area (Å²) in [6.45, 7) is 0. The van der Waals surface area contributed by atoms with Crippen LogP contribution in [0.25, 0.3) is 76.9 Å². The molecule has 0 saturated carbocycles. The molecular weight excluding hydrogens is 875 g/mol. The first-order valence-corrected chi connectivity index (χ1v) is 26.4. The van der Waals surface area contributed by atoms with Crippen molar-refractivity contribution >= 4 is 89.2 Å². The Balaban J connectivity index is 0.981. The molecule has 12 aromatic carbocycles. The maximum absolute atomic E-state index is 7.08. The number of anilines is 3. The smallest absolute Gasteiger partial charge is 0.179 e. The largest absolute Gasteiger partial charge is 0.455 e. The Morgan fingerprint density at radius 3 is 1.25 bits per heavy atom. The van der Waals surface area contributed by atoms with E-state index >= 15 is 0 Å². The number of fused-ring (bicyclic) bond motifs is 7. The van der Waals surface area contributed by atoms with Crippen molar-refractivity contribution in [3.05, 3.63) is 285 Å². The molecule has 3 heteroatoms. The quantitative estimate of drug-likeness (QED) is 0.0772. The van der Waals surface area contributed by atoms with E-state index < -0.39 is 8.07 Å². The molecule has 0 saturated heterocycles. The molecule has 1 heterocycles. The van der Waals surface area contributed by atoms with Crippen molar-refractivity contribution in [1.82, 2.24) is 0 Å². The van der Waals surface area contributed by atoms with Gasteiger partial charge in [-0.3, -0.25) is 0 Å². The van der Waals surface area contributed by atoms with Gasteiger partial charge in [0.25, 0.3) is 0 Å². The van der Waals surface area contributed by atoms with Crippen molar-refractivity contribution in [2.45, 2.75) is 0 Å². The molecule has 0 atom stereocenters. The summed E-state index contributed by atoms with van der Waals surface area (Å²) in [4.78, 5) is 2.39. The van der Waals surface area contributed by atoms with E-state index in [0.717, 1.165) is 55.9 Å². The highest BCUT2D eigenvalue weighted by Gasteiger charge is 2.41. The molecule has 334 valence electrons. The van der Waals surface area contributed by atoms with Crippen LogP contribution in [0.2, 0.25) is 0 Å². The number of hydrogen-bond donors (Lipinski definition) is 0. The average molecular weight is 922 g/mol. The van der Waals surface area contributed by atoms with E-state index in [1.165, 1.54) is 58.8 Å². The Labute approximate surface area is 415 Å². The second-order valence-corrected chi connectivity index (χ2v) is 22.2. The third-order valence-electron chi connectivity index (χ3n) is 14.4. The zero-order chi connectivity index (χ0) is 47.1. The normalized spacial score (nSPS) is 11.7. The Hall–Kier alpha value is -9.02. The Morgan fingerprint density at radius 2 is 0.690 bits per heavy atom. The van der Waals surface area contributed by atoms with Crippen molar-refractivity contribution in [3.8, 4) is 33.6 Å². The topological polar surface area (TPSA) is 16.4 Å². The summed E-state index contributed by atoms with van der Waals surface area (Å²) in [5.41, 5.74) is 9.73. The molecular formula is C68H47NOSi. The van der Waals surface area contributed by atoms with Gasteiger partial charge in [0.1, 0.15) is 11.3 Å². The number of furan rings is 1. The molecule has 2 nitrogen and oxygen atoms in total. The Bertz CT molecular complexity index is 3900. The van der Waals surface area contributed by atoms with Gasteiger partial charge in [0.05, 0.1) is 0 Å². The van der Waals surface area contributed by atoms with Crippen molar-refractivity contribution in [3.63, 3.8) is 0 Å². The van der Waals surface area contributed by atoms with Gasteiger partial charge in [-0.15, -0.1) is 0 Å². The second kappa shape index (κ2) is 17.8. The van der Waals surface area contributed by atoms with Crippen LogP contribution in [0, 0.1) is 0 Å². The fourth-order valence-corrected chi connectivity index (χ4v) is 15.9. The molecule has 13 aromatic rings. The van der Waals surface area contributed by atoms with Gasteiger partial charge in [-0.2, -0.15) is 0 Å². The minimum Gasteiger partial charge on any atom is -0.455 e. The highest BCUT2D eigenvalue weighted by molar-refractivity contribution is 7.19. The molecule has 0 bridgehead atoms. The highest BCUT2D eigenvalue weighted by atomic mass is 28.3. The van der Waals surface area contributed by atoms with E-state index in [9.17, 15) is 0 Å². The Morgan fingerprint density at radius 1 is 0.282 bits per heavy atom. The highest BCUT2D eigenvalue weighted by Crippen LogP contribution is 2.48. The lowest BCUT2D eigenvalue weighted by Gasteiger charge is -2.35. The molecule has 0 aliphatic rings. The van der Waals surface area contributed by atoms with Gasteiger partial charge in [0.2, 0.25) is 0 Å². The van der Waals surface area contributed by atoms with Crippen LogP contribution in [0.3, 0.4) is 0 Å². The fourth-order valence-electron chi connectivity index (χ4n) is 11.1. The van der Waals surface area contributed by atoms with E-state index in [-0.39, 0.29) is 0 Å². The van der Waals surface area contributed by atoms with Crippen molar-refractivity contribution in [1.29, 1.82) is 0 Å². The predicted molar refractivity (Wildman–Crippen MR) is 303 cm³/mol. The van der Waals surface area contributed by atoms with Gasteiger partial charge in [0.15, 0.2) is 8.07 Å². The summed E-state index contributed by atoms with van der Waals surface area (Å²) in [6, 6.07) is 104. The summed E-state index contributed by atoms with van der Waals surface area (Å²) in [5, 5.41) is 13.7. The van der Waals surface area contributed by atoms with E-state index in [1.54, 1.807) is 0 Å². The summed E-state index contributed by atoms with van der Waals surface area (Å²) in [5.74, 6) is 0.870. The molecule has 13 rings (SSSR count). The van der Waals surface area contributed by atoms with Crippen LogP contribution in [0.5, 0.6) is 0 Å².